The topological polar surface area (TPSA) is 90.7 Å². The van der Waals surface area contributed by atoms with E-state index in [9.17, 15) is 9.59 Å². The highest BCUT2D eigenvalue weighted by Gasteiger charge is 2.20. The number of amides is 3. The molecule has 0 spiro atoms. The highest BCUT2D eigenvalue weighted by atomic mass is 16.5. The number of benzene rings is 1. The number of urea groups is 1. The molecule has 1 aliphatic rings. The van der Waals surface area contributed by atoms with Crippen LogP contribution in [0.1, 0.15) is 17.0 Å². The molecule has 2 N–H and O–H groups in total. The van der Waals surface area contributed by atoms with Crippen molar-refractivity contribution in [2.75, 3.05) is 32.7 Å². The molecule has 0 saturated carbocycles. The second-order valence-corrected chi connectivity index (χ2v) is 6.70. The monoisotopic (exact) mass is 371 g/mol. The third kappa shape index (κ3) is 6.19. The summed E-state index contributed by atoms with van der Waals surface area (Å²) in [7, 11) is 0. The van der Waals surface area contributed by atoms with Gasteiger partial charge in [0.05, 0.1) is 12.2 Å². The fourth-order valence-electron chi connectivity index (χ4n) is 3.02. The minimum Gasteiger partial charge on any atom is -0.361 e. The minimum absolute atomic E-state index is 0.218. The summed E-state index contributed by atoms with van der Waals surface area (Å²) in [5.74, 6) is 0.520. The highest BCUT2D eigenvalue weighted by Crippen LogP contribution is 2.08. The van der Waals surface area contributed by atoms with E-state index in [1.54, 1.807) is 0 Å². The Morgan fingerprint density at radius 3 is 2.48 bits per heavy atom. The molecule has 0 atom stereocenters. The first kappa shape index (κ1) is 19.1. The molecule has 2 aromatic rings. The van der Waals surface area contributed by atoms with Crippen LogP contribution in [0.2, 0.25) is 0 Å². The maximum absolute atomic E-state index is 12.1. The first-order valence-corrected chi connectivity index (χ1v) is 9.07. The van der Waals surface area contributed by atoms with Gasteiger partial charge in [-0.1, -0.05) is 35.5 Å². The summed E-state index contributed by atoms with van der Waals surface area (Å²) in [6, 6.07) is 11.0. The number of hydrogen-bond acceptors (Lipinski definition) is 6. The summed E-state index contributed by atoms with van der Waals surface area (Å²) in [5.41, 5.74) is 1.91. The molecule has 1 saturated heterocycles. The molecule has 8 nitrogen and oxygen atoms in total. The fourth-order valence-corrected chi connectivity index (χ4v) is 3.02. The smallest absolute Gasteiger partial charge is 0.321 e. The number of carbonyl (C=O) groups is 2. The van der Waals surface area contributed by atoms with Gasteiger partial charge < -0.3 is 9.84 Å². The molecule has 0 unspecified atom stereocenters. The van der Waals surface area contributed by atoms with Crippen molar-refractivity contribution in [1.82, 2.24) is 25.6 Å². The second-order valence-electron chi connectivity index (χ2n) is 6.70. The Labute approximate surface area is 158 Å². The SMILES string of the molecule is Cc1cc(CN2CCN(CC(=O)NC(=O)NCc3ccccc3)CC2)no1. The lowest BCUT2D eigenvalue weighted by Crippen LogP contribution is -2.50. The molecule has 0 radical (unpaired) electrons. The van der Waals surface area contributed by atoms with E-state index < -0.39 is 6.03 Å². The van der Waals surface area contributed by atoms with Crippen LogP contribution in [-0.2, 0) is 17.9 Å². The zero-order chi connectivity index (χ0) is 19.1. The van der Waals surface area contributed by atoms with E-state index in [1.165, 1.54) is 0 Å². The maximum Gasteiger partial charge on any atom is 0.321 e. The van der Waals surface area contributed by atoms with E-state index in [1.807, 2.05) is 48.2 Å². The van der Waals surface area contributed by atoms with E-state index >= 15 is 0 Å². The van der Waals surface area contributed by atoms with Crippen LogP contribution >= 0.6 is 0 Å². The Morgan fingerprint density at radius 2 is 1.81 bits per heavy atom. The van der Waals surface area contributed by atoms with Gasteiger partial charge in [-0.05, 0) is 12.5 Å². The number of hydrogen-bond donors (Lipinski definition) is 2. The van der Waals surface area contributed by atoms with Crippen LogP contribution in [-0.4, -0.2) is 59.6 Å². The van der Waals surface area contributed by atoms with E-state index in [-0.39, 0.29) is 12.5 Å². The largest absolute Gasteiger partial charge is 0.361 e. The van der Waals surface area contributed by atoms with Crippen molar-refractivity contribution in [3.8, 4) is 0 Å². The molecule has 0 aliphatic carbocycles. The molecule has 144 valence electrons. The van der Waals surface area contributed by atoms with Gasteiger partial charge in [0, 0.05) is 45.3 Å². The van der Waals surface area contributed by atoms with Crippen LogP contribution in [0.3, 0.4) is 0 Å². The lowest BCUT2D eigenvalue weighted by atomic mass is 10.2. The fraction of sp³-hybridized carbons (Fsp3) is 0.421. The normalized spacial score (nSPS) is 15.4. The third-order valence-corrected chi connectivity index (χ3v) is 4.44. The van der Waals surface area contributed by atoms with Gasteiger partial charge in [-0.15, -0.1) is 0 Å². The van der Waals surface area contributed by atoms with Gasteiger partial charge in [0.2, 0.25) is 5.91 Å². The van der Waals surface area contributed by atoms with Gasteiger partial charge in [0.1, 0.15) is 5.76 Å². The highest BCUT2D eigenvalue weighted by molar-refractivity contribution is 5.95. The van der Waals surface area contributed by atoms with Gasteiger partial charge >= 0.3 is 6.03 Å². The molecule has 1 aliphatic heterocycles. The van der Waals surface area contributed by atoms with Crippen molar-refractivity contribution in [2.45, 2.75) is 20.0 Å². The number of piperazine rings is 1. The van der Waals surface area contributed by atoms with Crippen molar-refractivity contribution in [3.63, 3.8) is 0 Å². The average molecular weight is 371 g/mol. The number of nitrogens with one attached hydrogen (secondary N) is 2. The van der Waals surface area contributed by atoms with Gasteiger partial charge in [0.25, 0.3) is 0 Å². The molecule has 8 heteroatoms. The summed E-state index contributed by atoms with van der Waals surface area (Å²) < 4.78 is 5.09. The second kappa shape index (κ2) is 9.29. The average Bonchev–Trinajstić information content (AvgIpc) is 3.07. The van der Waals surface area contributed by atoms with Gasteiger partial charge in [-0.25, -0.2) is 4.79 Å². The van der Waals surface area contributed by atoms with Crippen molar-refractivity contribution in [2.24, 2.45) is 0 Å². The van der Waals surface area contributed by atoms with Crippen molar-refractivity contribution < 1.29 is 14.1 Å². The number of rotatable bonds is 6. The van der Waals surface area contributed by atoms with Gasteiger partial charge in [-0.3, -0.25) is 19.9 Å². The Balaban J connectivity index is 1.33. The lowest BCUT2D eigenvalue weighted by Gasteiger charge is -2.33. The minimum atomic E-state index is -0.469. The van der Waals surface area contributed by atoms with Crippen LogP contribution in [0, 0.1) is 6.92 Å². The maximum atomic E-state index is 12.1. The predicted octanol–water partition coefficient (Wildman–Crippen LogP) is 1.13. The van der Waals surface area contributed by atoms with Crippen LogP contribution in [0.25, 0.3) is 0 Å². The lowest BCUT2D eigenvalue weighted by molar-refractivity contribution is -0.121. The Morgan fingerprint density at radius 1 is 1.11 bits per heavy atom. The molecule has 1 aromatic carbocycles. The first-order chi connectivity index (χ1) is 13.1. The standard InChI is InChI=1S/C19H25N5O3/c1-15-11-17(22-27-15)13-23-7-9-24(10-8-23)14-18(25)21-19(26)20-12-16-5-3-2-4-6-16/h2-6,11H,7-10,12-14H2,1H3,(H2,20,21,25,26). The molecule has 2 heterocycles. The van der Waals surface area contributed by atoms with Crippen molar-refractivity contribution >= 4 is 11.9 Å². The van der Waals surface area contributed by atoms with Gasteiger partial charge in [0.15, 0.2) is 0 Å². The zero-order valence-corrected chi connectivity index (χ0v) is 15.5. The van der Waals surface area contributed by atoms with Crippen molar-refractivity contribution in [1.29, 1.82) is 0 Å². The number of imide groups is 1. The zero-order valence-electron chi connectivity index (χ0n) is 15.5. The molecule has 1 aromatic heterocycles. The molecule has 1 fully saturated rings. The van der Waals surface area contributed by atoms with E-state index in [0.717, 1.165) is 49.7 Å². The van der Waals surface area contributed by atoms with Crippen molar-refractivity contribution in [3.05, 3.63) is 53.4 Å². The molecular weight excluding hydrogens is 346 g/mol. The molecule has 27 heavy (non-hydrogen) atoms. The molecule has 0 bridgehead atoms. The van der Waals surface area contributed by atoms with Crippen LogP contribution in [0.4, 0.5) is 4.79 Å². The van der Waals surface area contributed by atoms with Crippen LogP contribution < -0.4 is 10.6 Å². The first-order valence-electron chi connectivity index (χ1n) is 9.07. The van der Waals surface area contributed by atoms with Gasteiger partial charge in [-0.2, -0.15) is 0 Å². The molecular formula is C19H25N5O3. The Hall–Kier alpha value is -2.71. The number of nitrogens with zero attached hydrogens (tertiary/aromatic N) is 3. The summed E-state index contributed by atoms with van der Waals surface area (Å²) in [6.45, 7) is 6.47. The summed E-state index contributed by atoms with van der Waals surface area (Å²) in [5, 5.41) is 9.09. The van der Waals surface area contributed by atoms with E-state index in [2.05, 4.69) is 20.7 Å². The Kier molecular flexibility index (Phi) is 6.56. The summed E-state index contributed by atoms with van der Waals surface area (Å²) in [4.78, 5) is 28.2. The van der Waals surface area contributed by atoms with Crippen LogP contribution in [0.5, 0.6) is 0 Å². The molecule has 3 rings (SSSR count). The third-order valence-electron chi connectivity index (χ3n) is 4.44. The number of aromatic nitrogens is 1. The quantitative estimate of drug-likeness (QED) is 0.791. The number of carbonyl (C=O) groups excluding carboxylic acids is 2. The summed E-state index contributed by atoms with van der Waals surface area (Å²) >= 11 is 0. The molecule has 3 amide bonds. The predicted molar refractivity (Wildman–Crippen MR) is 99.8 cm³/mol. The Bertz CT molecular complexity index is 754. The van der Waals surface area contributed by atoms with E-state index in [0.29, 0.717) is 6.54 Å². The van der Waals surface area contributed by atoms with E-state index in [4.69, 9.17) is 4.52 Å². The van der Waals surface area contributed by atoms with Crippen LogP contribution in [0.15, 0.2) is 40.9 Å². The summed E-state index contributed by atoms with van der Waals surface area (Å²) in [6.07, 6.45) is 0. The number of aryl methyl sites for hydroxylation is 1.